The van der Waals surface area contributed by atoms with Gasteiger partial charge in [0.1, 0.15) is 4.88 Å². The number of amides is 1. The zero-order valence-electron chi connectivity index (χ0n) is 11.4. The number of hydrogen-bond acceptors (Lipinski definition) is 4. The Morgan fingerprint density at radius 3 is 2.75 bits per heavy atom. The summed E-state index contributed by atoms with van der Waals surface area (Å²) in [7, 11) is 0. The minimum Gasteiger partial charge on any atom is -0.397 e. The molecule has 1 amide bonds. The third-order valence-electron chi connectivity index (χ3n) is 3.12. The van der Waals surface area contributed by atoms with Crippen LogP contribution in [0.5, 0.6) is 0 Å². The molecule has 1 aromatic heterocycles. The number of carbonyl (C=O) groups is 1. The average Bonchev–Trinajstić information content (AvgIpc) is 2.73. The van der Waals surface area contributed by atoms with Crippen LogP contribution in [-0.2, 0) is 0 Å². The maximum Gasteiger partial charge on any atom is 0.266 e. The molecule has 2 aromatic rings. The number of rotatable bonds is 4. The Hall–Kier alpha value is -1.30. The number of hydrogen-bond donors (Lipinski definition) is 2. The minimum absolute atomic E-state index is 0.00488. The fourth-order valence-corrected chi connectivity index (χ4v) is 3.56. The second-order valence-corrected chi connectivity index (χ2v) is 6.23. The predicted octanol–water partition coefficient (Wildman–Crippen LogP) is 2.98. The quantitative estimate of drug-likeness (QED) is 0.912. The summed E-state index contributed by atoms with van der Waals surface area (Å²) in [6.45, 7) is 4.03. The maximum atomic E-state index is 12.6. The van der Waals surface area contributed by atoms with Gasteiger partial charge in [-0.15, -0.1) is 11.3 Å². The van der Waals surface area contributed by atoms with Crippen LogP contribution in [0.25, 0.3) is 10.1 Å². The van der Waals surface area contributed by atoms with Gasteiger partial charge in [0.25, 0.3) is 5.91 Å². The van der Waals surface area contributed by atoms with Crippen LogP contribution in [0, 0.1) is 0 Å². The Morgan fingerprint density at radius 1 is 1.50 bits per heavy atom. The summed E-state index contributed by atoms with van der Waals surface area (Å²) in [5.41, 5.74) is 6.51. The van der Waals surface area contributed by atoms with E-state index in [-0.39, 0.29) is 25.1 Å². The highest BCUT2D eigenvalue weighted by Crippen LogP contribution is 2.38. The van der Waals surface area contributed by atoms with Crippen molar-refractivity contribution in [1.29, 1.82) is 0 Å². The van der Waals surface area contributed by atoms with Gasteiger partial charge in [-0.2, -0.15) is 0 Å². The van der Waals surface area contributed by atoms with E-state index in [2.05, 4.69) is 0 Å². The summed E-state index contributed by atoms with van der Waals surface area (Å²) in [6, 6.07) is 5.48. The molecule has 4 nitrogen and oxygen atoms in total. The van der Waals surface area contributed by atoms with E-state index < -0.39 is 0 Å². The van der Waals surface area contributed by atoms with Crippen molar-refractivity contribution in [3.63, 3.8) is 0 Å². The van der Waals surface area contributed by atoms with Gasteiger partial charge in [0, 0.05) is 22.7 Å². The Balaban J connectivity index is 2.49. The van der Waals surface area contributed by atoms with Crippen LogP contribution in [0.15, 0.2) is 18.2 Å². The molecule has 108 valence electrons. The van der Waals surface area contributed by atoms with Gasteiger partial charge in [0.05, 0.1) is 17.3 Å². The van der Waals surface area contributed by atoms with E-state index in [9.17, 15) is 4.79 Å². The number of benzene rings is 1. The molecule has 0 bridgehead atoms. The van der Waals surface area contributed by atoms with E-state index in [1.54, 1.807) is 11.0 Å². The molecule has 1 heterocycles. The molecule has 20 heavy (non-hydrogen) atoms. The number of fused-ring (bicyclic) bond motifs is 1. The van der Waals surface area contributed by atoms with Crippen LogP contribution in [0.4, 0.5) is 5.69 Å². The van der Waals surface area contributed by atoms with Crippen molar-refractivity contribution in [2.75, 3.05) is 18.9 Å². The zero-order chi connectivity index (χ0) is 14.9. The number of carbonyl (C=O) groups excluding carboxylic acids is 1. The SMILES string of the molecule is CC(C)N(CCO)C(=O)c1sc2cccc(Cl)c2c1N. The van der Waals surface area contributed by atoms with Crippen molar-refractivity contribution in [2.45, 2.75) is 19.9 Å². The van der Waals surface area contributed by atoms with Crippen molar-refractivity contribution in [3.8, 4) is 0 Å². The smallest absolute Gasteiger partial charge is 0.266 e. The summed E-state index contributed by atoms with van der Waals surface area (Å²) >= 11 is 7.48. The number of nitrogens with zero attached hydrogens (tertiary/aromatic N) is 1. The van der Waals surface area contributed by atoms with Crippen LogP contribution in [0.1, 0.15) is 23.5 Å². The van der Waals surface area contributed by atoms with Crippen LogP contribution < -0.4 is 5.73 Å². The first-order valence-electron chi connectivity index (χ1n) is 6.35. The van der Waals surface area contributed by atoms with Gasteiger partial charge < -0.3 is 15.7 Å². The Morgan fingerprint density at radius 2 is 2.20 bits per heavy atom. The largest absolute Gasteiger partial charge is 0.397 e. The number of thiophene rings is 1. The molecule has 6 heteroatoms. The van der Waals surface area contributed by atoms with Gasteiger partial charge in [-0.25, -0.2) is 0 Å². The molecule has 0 aliphatic carbocycles. The van der Waals surface area contributed by atoms with E-state index in [0.29, 0.717) is 15.6 Å². The number of aliphatic hydroxyl groups is 1. The van der Waals surface area contributed by atoms with Gasteiger partial charge in [0.15, 0.2) is 0 Å². The fraction of sp³-hybridized carbons (Fsp3) is 0.357. The minimum atomic E-state index is -0.163. The molecule has 0 unspecified atom stereocenters. The Kier molecular flexibility index (Phi) is 4.52. The second kappa shape index (κ2) is 5.99. The second-order valence-electron chi connectivity index (χ2n) is 4.77. The lowest BCUT2D eigenvalue weighted by Gasteiger charge is -2.25. The van der Waals surface area contributed by atoms with Crippen molar-refractivity contribution in [2.24, 2.45) is 0 Å². The molecule has 0 atom stereocenters. The molecule has 0 saturated carbocycles. The molecule has 3 N–H and O–H groups in total. The van der Waals surface area contributed by atoms with Crippen molar-refractivity contribution in [3.05, 3.63) is 28.1 Å². The molecule has 0 radical (unpaired) electrons. The highest BCUT2D eigenvalue weighted by molar-refractivity contribution is 7.21. The number of aliphatic hydroxyl groups excluding tert-OH is 1. The normalized spacial score (nSPS) is 11.2. The molecule has 2 rings (SSSR count). The van der Waals surface area contributed by atoms with Crippen molar-refractivity contribution >= 4 is 44.6 Å². The lowest BCUT2D eigenvalue weighted by Crippen LogP contribution is -2.38. The van der Waals surface area contributed by atoms with Gasteiger partial charge in [0.2, 0.25) is 0 Å². The number of anilines is 1. The Bertz CT molecular complexity index is 639. The van der Waals surface area contributed by atoms with Crippen LogP contribution in [-0.4, -0.2) is 35.1 Å². The highest BCUT2D eigenvalue weighted by Gasteiger charge is 2.24. The molecule has 0 saturated heterocycles. The van der Waals surface area contributed by atoms with Gasteiger partial charge in [-0.05, 0) is 26.0 Å². The van der Waals surface area contributed by atoms with E-state index in [0.717, 1.165) is 10.1 Å². The third kappa shape index (κ3) is 2.61. The first kappa shape index (κ1) is 15.1. The van der Waals surface area contributed by atoms with Crippen molar-refractivity contribution < 1.29 is 9.90 Å². The standard InChI is InChI=1S/C14H17ClN2O2S/c1-8(2)17(6-7-18)14(19)13-12(16)11-9(15)4-3-5-10(11)20-13/h3-5,8,18H,6-7,16H2,1-2H3. The van der Waals surface area contributed by atoms with Gasteiger partial charge in [-0.3, -0.25) is 4.79 Å². The first-order valence-corrected chi connectivity index (χ1v) is 7.55. The van der Waals surface area contributed by atoms with Gasteiger partial charge in [-0.1, -0.05) is 17.7 Å². The highest BCUT2D eigenvalue weighted by atomic mass is 35.5. The maximum absolute atomic E-state index is 12.6. The number of nitrogens with two attached hydrogens (primary N) is 1. The topological polar surface area (TPSA) is 66.6 Å². The van der Waals surface area contributed by atoms with E-state index in [1.807, 2.05) is 26.0 Å². The van der Waals surface area contributed by atoms with E-state index in [1.165, 1.54) is 11.3 Å². The predicted molar refractivity (Wildman–Crippen MR) is 84.5 cm³/mol. The molecule has 0 spiro atoms. The monoisotopic (exact) mass is 312 g/mol. The van der Waals surface area contributed by atoms with Crippen LogP contribution in [0.3, 0.4) is 0 Å². The molecular formula is C14H17ClN2O2S. The summed E-state index contributed by atoms with van der Waals surface area (Å²) in [5, 5.41) is 10.4. The average molecular weight is 313 g/mol. The van der Waals surface area contributed by atoms with Gasteiger partial charge >= 0.3 is 0 Å². The fourth-order valence-electron chi connectivity index (χ4n) is 2.12. The molecule has 0 aliphatic heterocycles. The lowest BCUT2D eigenvalue weighted by atomic mass is 10.2. The summed E-state index contributed by atoms with van der Waals surface area (Å²) in [5.74, 6) is -0.163. The van der Waals surface area contributed by atoms with Crippen LogP contribution >= 0.6 is 22.9 Å². The molecule has 1 aromatic carbocycles. The van der Waals surface area contributed by atoms with Crippen molar-refractivity contribution in [1.82, 2.24) is 4.90 Å². The lowest BCUT2D eigenvalue weighted by molar-refractivity contribution is 0.0671. The van der Waals surface area contributed by atoms with Crippen LogP contribution in [0.2, 0.25) is 5.02 Å². The number of halogens is 1. The summed E-state index contributed by atoms with van der Waals surface area (Å²) in [6.07, 6.45) is 0. The third-order valence-corrected chi connectivity index (χ3v) is 4.59. The van der Waals surface area contributed by atoms with E-state index >= 15 is 0 Å². The first-order chi connectivity index (χ1) is 9.47. The summed E-state index contributed by atoms with van der Waals surface area (Å²) < 4.78 is 0.894. The molecule has 0 fully saturated rings. The summed E-state index contributed by atoms with van der Waals surface area (Å²) in [4.78, 5) is 14.7. The Labute approximate surface area is 126 Å². The molecule has 0 aliphatic rings. The molecular weight excluding hydrogens is 296 g/mol. The zero-order valence-corrected chi connectivity index (χ0v) is 13.0. The van der Waals surface area contributed by atoms with E-state index in [4.69, 9.17) is 22.4 Å². The number of nitrogen functional groups attached to an aromatic ring is 1.